The van der Waals surface area contributed by atoms with Gasteiger partial charge in [0.1, 0.15) is 5.75 Å². The van der Waals surface area contributed by atoms with Crippen LogP contribution in [0, 0.1) is 13.8 Å². The molecule has 22 heavy (non-hydrogen) atoms. The lowest BCUT2D eigenvalue weighted by molar-refractivity contribution is 0.415. The molecule has 0 saturated heterocycles. The van der Waals surface area contributed by atoms with Crippen molar-refractivity contribution in [1.29, 1.82) is 0 Å². The molecule has 3 N–H and O–H groups in total. The van der Waals surface area contributed by atoms with E-state index in [0.29, 0.717) is 23.3 Å². The molecule has 0 radical (unpaired) electrons. The Balaban J connectivity index is 2.03. The van der Waals surface area contributed by atoms with Gasteiger partial charge >= 0.3 is 0 Å². The summed E-state index contributed by atoms with van der Waals surface area (Å²) < 4.78 is 5.10. The average molecular weight is 319 g/mol. The van der Waals surface area contributed by atoms with Crippen molar-refractivity contribution in [1.82, 2.24) is 4.98 Å². The van der Waals surface area contributed by atoms with Gasteiger partial charge in [0, 0.05) is 11.4 Å². The Morgan fingerprint density at radius 1 is 1.32 bits per heavy atom. The average Bonchev–Trinajstić information content (AvgIpc) is 2.49. The lowest BCUT2D eigenvalue weighted by Crippen LogP contribution is -2.22. The highest BCUT2D eigenvalue weighted by Crippen LogP contribution is 2.27. The number of aromatic nitrogens is 1. The molecule has 0 saturated carbocycles. The minimum Gasteiger partial charge on any atom is -0.495 e. The molecule has 0 fully saturated rings. The summed E-state index contributed by atoms with van der Waals surface area (Å²) in [4.78, 5) is 8.74. The van der Waals surface area contributed by atoms with Crippen LogP contribution in [0.25, 0.3) is 0 Å². The first-order valence-electron chi connectivity index (χ1n) is 6.83. The largest absolute Gasteiger partial charge is 0.495 e. The van der Waals surface area contributed by atoms with Crippen molar-refractivity contribution < 1.29 is 4.74 Å². The Kier molecular flexibility index (Phi) is 5.22. The SMILES string of the molecule is COc1ccc(NC(N)=NCc2ccc(C)c(C)n2)cc1Cl. The number of guanidine groups is 1. The number of ether oxygens (including phenoxy) is 1. The van der Waals surface area contributed by atoms with E-state index in [1.807, 2.05) is 32.0 Å². The molecule has 0 amide bonds. The van der Waals surface area contributed by atoms with Crippen LogP contribution in [0.2, 0.25) is 5.02 Å². The third-order valence-electron chi connectivity index (χ3n) is 3.24. The van der Waals surface area contributed by atoms with E-state index in [1.54, 1.807) is 19.2 Å². The van der Waals surface area contributed by atoms with Gasteiger partial charge in [-0.2, -0.15) is 0 Å². The van der Waals surface area contributed by atoms with Gasteiger partial charge in [0.05, 0.1) is 24.4 Å². The summed E-state index contributed by atoms with van der Waals surface area (Å²) in [6.07, 6.45) is 0. The molecule has 0 unspecified atom stereocenters. The number of hydrogen-bond donors (Lipinski definition) is 2. The lowest BCUT2D eigenvalue weighted by atomic mass is 10.2. The van der Waals surface area contributed by atoms with Gasteiger partial charge in [-0.15, -0.1) is 0 Å². The van der Waals surface area contributed by atoms with E-state index in [1.165, 1.54) is 0 Å². The zero-order chi connectivity index (χ0) is 16.1. The van der Waals surface area contributed by atoms with Crippen LogP contribution >= 0.6 is 11.6 Å². The first kappa shape index (κ1) is 16.1. The second-order valence-corrected chi connectivity index (χ2v) is 5.29. The maximum atomic E-state index is 6.06. The van der Waals surface area contributed by atoms with Crippen molar-refractivity contribution in [2.75, 3.05) is 12.4 Å². The molecule has 1 aromatic heterocycles. The molecule has 0 bridgehead atoms. The van der Waals surface area contributed by atoms with Gasteiger partial charge in [0.25, 0.3) is 0 Å². The highest BCUT2D eigenvalue weighted by Gasteiger charge is 2.03. The quantitative estimate of drug-likeness (QED) is 0.670. The number of benzene rings is 1. The molecule has 0 aliphatic carbocycles. The van der Waals surface area contributed by atoms with Crippen LogP contribution in [0.3, 0.4) is 0 Å². The Bertz CT molecular complexity index is 701. The third-order valence-corrected chi connectivity index (χ3v) is 3.54. The molecular formula is C16H19ClN4O. The van der Waals surface area contributed by atoms with Gasteiger partial charge in [0.2, 0.25) is 0 Å². The van der Waals surface area contributed by atoms with Crippen LogP contribution in [0.4, 0.5) is 5.69 Å². The second kappa shape index (κ2) is 7.13. The number of nitrogens with two attached hydrogens (primary N) is 1. The standard InChI is InChI=1S/C16H19ClN4O/c1-10-4-5-13(20-11(10)2)9-19-16(18)21-12-6-7-15(22-3)14(17)8-12/h4-8H,9H2,1-3H3,(H3,18,19,21). The van der Waals surface area contributed by atoms with Crippen LogP contribution in [-0.2, 0) is 6.54 Å². The molecule has 0 aliphatic heterocycles. The van der Waals surface area contributed by atoms with E-state index in [0.717, 1.165) is 22.6 Å². The van der Waals surface area contributed by atoms with Crippen molar-refractivity contribution >= 4 is 23.2 Å². The second-order valence-electron chi connectivity index (χ2n) is 4.88. The Labute approximate surface area is 135 Å². The van der Waals surface area contributed by atoms with Gasteiger partial charge in [-0.05, 0) is 43.7 Å². The molecule has 2 aromatic rings. The van der Waals surface area contributed by atoms with Crippen LogP contribution in [0.5, 0.6) is 5.75 Å². The molecule has 0 aliphatic rings. The van der Waals surface area contributed by atoms with Crippen molar-refractivity contribution in [2.24, 2.45) is 10.7 Å². The monoisotopic (exact) mass is 318 g/mol. The summed E-state index contributed by atoms with van der Waals surface area (Å²) in [5, 5.41) is 3.50. The highest BCUT2D eigenvalue weighted by molar-refractivity contribution is 6.32. The van der Waals surface area contributed by atoms with Gasteiger partial charge in [-0.3, -0.25) is 4.98 Å². The normalized spacial score (nSPS) is 11.4. The van der Waals surface area contributed by atoms with Crippen LogP contribution in [0.1, 0.15) is 17.0 Å². The zero-order valence-electron chi connectivity index (χ0n) is 12.9. The predicted octanol–water partition coefficient (Wildman–Crippen LogP) is 3.29. The maximum absolute atomic E-state index is 6.06. The lowest BCUT2D eigenvalue weighted by Gasteiger charge is -2.08. The number of nitrogens with zero attached hydrogens (tertiary/aromatic N) is 2. The number of aryl methyl sites for hydroxylation is 2. The Hall–Kier alpha value is -2.27. The fourth-order valence-electron chi connectivity index (χ4n) is 1.87. The molecule has 0 spiro atoms. The van der Waals surface area contributed by atoms with Gasteiger partial charge in [-0.25, -0.2) is 4.99 Å². The fourth-order valence-corrected chi connectivity index (χ4v) is 2.13. The number of aliphatic imine (C=N–C) groups is 1. The number of rotatable bonds is 4. The van der Waals surface area contributed by atoms with E-state index in [-0.39, 0.29) is 0 Å². The number of anilines is 1. The molecule has 116 valence electrons. The molecule has 5 nitrogen and oxygen atoms in total. The van der Waals surface area contributed by atoms with Gasteiger partial charge in [0.15, 0.2) is 5.96 Å². The molecule has 1 aromatic carbocycles. The number of nitrogens with one attached hydrogen (secondary N) is 1. The molecular weight excluding hydrogens is 300 g/mol. The fraction of sp³-hybridized carbons (Fsp3) is 0.250. The maximum Gasteiger partial charge on any atom is 0.193 e. The third kappa shape index (κ3) is 4.11. The summed E-state index contributed by atoms with van der Waals surface area (Å²) in [5.41, 5.74) is 9.66. The minimum absolute atomic E-state index is 0.307. The predicted molar refractivity (Wildman–Crippen MR) is 90.7 cm³/mol. The van der Waals surface area contributed by atoms with E-state index in [4.69, 9.17) is 22.1 Å². The van der Waals surface area contributed by atoms with E-state index in [9.17, 15) is 0 Å². The van der Waals surface area contributed by atoms with Crippen molar-refractivity contribution in [3.63, 3.8) is 0 Å². The smallest absolute Gasteiger partial charge is 0.193 e. The molecule has 2 rings (SSSR count). The minimum atomic E-state index is 0.307. The summed E-state index contributed by atoms with van der Waals surface area (Å²) in [7, 11) is 1.57. The Morgan fingerprint density at radius 3 is 2.73 bits per heavy atom. The van der Waals surface area contributed by atoms with Crippen LogP contribution in [-0.4, -0.2) is 18.1 Å². The molecule has 1 heterocycles. The summed E-state index contributed by atoms with van der Waals surface area (Å²) in [6.45, 7) is 4.42. The summed E-state index contributed by atoms with van der Waals surface area (Å²) in [6, 6.07) is 9.30. The summed E-state index contributed by atoms with van der Waals surface area (Å²) >= 11 is 6.06. The number of halogens is 1. The number of pyridine rings is 1. The van der Waals surface area contributed by atoms with Crippen molar-refractivity contribution in [2.45, 2.75) is 20.4 Å². The molecule has 0 atom stereocenters. The van der Waals surface area contributed by atoms with E-state index >= 15 is 0 Å². The highest BCUT2D eigenvalue weighted by atomic mass is 35.5. The first-order chi connectivity index (χ1) is 10.5. The number of hydrogen-bond acceptors (Lipinski definition) is 3. The number of methoxy groups -OCH3 is 1. The van der Waals surface area contributed by atoms with E-state index in [2.05, 4.69) is 15.3 Å². The topological polar surface area (TPSA) is 72.5 Å². The van der Waals surface area contributed by atoms with E-state index < -0.39 is 0 Å². The first-order valence-corrected chi connectivity index (χ1v) is 7.21. The summed E-state index contributed by atoms with van der Waals surface area (Å²) in [5.74, 6) is 0.920. The molecule has 6 heteroatoms. The van der Waals surface area contributed by atoms with Crippen LogP contribution in [0.15, 0.2) is 35.3 Å². The Morgan fingerprint density at radius 2 is 2.09 bits per heavy atom. The van der Waals surface area contributed by atoms with Gasteiger partial charge in [-0.1, -0.05) is 17.7 Å². The van der Waals surface area contributed by atoms with Crippen molar-refractivity contribution in [3.05, 3.63) is 52.3 Å². The zero-order valence-corrected chi connectivity index (χ0v) is 13.6. The van der Waals surface area contributed by atoms with Crippen LogP contribution < -0.4 is 15.8 Å². The van der Waals surface area contributed by atoms with Crippen molar-refractivity contribution in [3.8, 4) is 5.75 Å². The van der Waals surface area contributed by atoms with Gasteiger partial charge < -0.3 is 15.8 Å².